The zero-order valence-corrected chi connectivity index (χ0v) is 14.3. The zero-order chi connectivity index (χ0) is 15.8. The molecule has 0 unspecified atom stereocenters. The minimum Gasteiger partial charge on any atom is -0.451 e. The normalized spacial score (nSPS) is 11.5. The number of hydrogen-bond acceptors (Lipinski definition) is 6. The predicted molar refractivity (Wildman–Crippen MR) is 82.8 cm³/mol. The Morgan fingerprint density at radius 2 is 2.14 bits per heavy atom. The van der Waals surface area contributed by atoms with Gasteiger partial charge in [0.05, 0.1) is 7.11 Å². The van der Waals surface area contributed by atoms with Crippen LogP contribution in [0.4, 0.5) is 9.59 Å². The fourth-order valence-corrected chi connectivity index (χ4v) is 3.27. The summed E-state index contributed by atoms with van der Waals surface area (Å²) in [5.41, 5.74) is 0. The fourth-order valence-electron chi connectivity index (χ4n) is 1.29. The molecule has 0 atom stereocenters. The molecule has 118 valence electrons. The van der Waals surface area contributed by atoms with Gasteiger partial charge in [-0.15, -0.1) is 9.78 Å². The maximum Gasteiger partial charge on any atom is 0.437 e. The molecular weight excluding hydrogens is 312 g/mol. The first-order chi connectivity index (χ1) is 9.99. The second-order valence-corrected chi connectivity index (χ2v) is 6.67. The molecule has 0 spiro atoms. The molecular formula is C12H20N4O3S2. The first kappa shape index (κ1) is 17.7. The van der Waals surface area contributed by atoms with Crippen LogP contribution >= 0.6 is 23.1 Å². The molecule has 0 aromatic carbocycles. The van der Waals surface area contributed by atoms with E-state index in [-0.39, 0.29) is 4.80 Å². The fraction of sp³-hybridized carbons (Fsp3) is 0.667. The standard InChI is InChI=1S/C12H20N4O3S2/c1-5-6-7-8-20-11-14-16(12(18)19-4)10(21-11)13-9(17)15(2)3/h5-8H2,1-4H3. The van der Waals surface area contributed by atoms with Crippen molar-refractivity contribution in [1.29, 1.82) is 0 Å². The van der Waals surface area contributed by atoms with Crippen molar-refractivity contribution in [1.82, 2.24) is 14.7 Å². The van der Waals surface area contributed by atoms with Crippen molar-refractivity contribution in [2.45, 2.75) is 30.5 Å². The molecule has 9 heteroatoms. The molecule has 0 saturated heterocycles. The van der Waals surface area contributed by atoms with Crippen LogP contribution in [0.15, 0.2) is 9.33 Å². The van der Waals surface area contributed by atoms with Crippen LogP contribution in [-0.4, -0.2) is 53.8 Å². The number of unbranched alkanes of at least 4 members (excludes halogenated alkanes) is 2. The lowest BCUT2D eigenvalue weighted by molar-refractivity contribution is 0.167. The number of hydrogen-bond donors (Lipinski definition) is 0. The van der Waals surface area contributed by atoms with Crippen LogP contribution in [0.25, 0.3) is 0 Å². The number of urea groups is 1. The van der Waals surface area contributed by atoms with Gasteiger partial charge < -0.3 is 9.64 Å². The van der Waals surface area contributed by atoms with Crippen LogP contribution in [0, 0.1) is 0 Å². The first-order valence-electron chi connectivity index (χ1n) is 6.56. The number of carbonyl (C=O) groups excluding carboxylic acids is 2. The van der Waals surface area contributed by atoms with Gasteiger partial charge in [-0.2, -0.15) is 4.99 Å². The SMILES string of the molecule is CCCCCSc1nn(C(=O)OC)c(=NC(=O)N(C)C)s1. The monoisotopic (exact) mass is 332 g/mol. The Morgan fingerprint density at radius 3 is 2.71 bits per heavy atom. The molecule has 1 aromatic heterocycles. The predicted octanol–water partition coefficient (Wildman–Crippen LogP) is 2.42. The van der Waals surface area contributed by atoms with E-state index < -0.39 is 12.1 Å². The summed E-state index contributed by atoms with van der Waals surface area (Å²) in [4.78, 5) is 28.7. The summed E-state index contributed by atoms with van der Waals surface area (Å²) in [6.07, 6.45) is 2.74. The minimum absolute atomic E-state index is 0.221. The highest BCUT2D eigenvalue weighted by atomic mass is 32.2. The number of amides is 2. The number of aromatic nitrogens is 2. The van der Waals surface area contributed by atoms with E-state index in [1.807, 2.05) is 0 Å². The Morgan fingerprint density at radius 1 is 1.43 bits per heavy atom. The molecule has 1 aromatic rings. The lowest BCUT2D eigenvalue weighted by atomic mass is 10.3. The van der Waals surface area contributed by atoms with E-state index in [2.05, 4.69) is 21.8 Å². The molecule has 2 amide bonds. The number of methoxy groups -OCH3 is 1. The summed E-state index contributed by atoms with van der Waals surface area (Å²) < 4.78 is 6.37. The van der Waals surface area contributed by atoms with Crippen LogP contribution < -0.4 is 4.80 Å². The second kappa shape index (κ2) is 8.83. The average molecular weight is 332 g/mol. The Balaban J connectivity index is 2.97. The van der Waals surface area contributed by atoms with Gasteiger partial charge in [-0.25, -0.2) is 9.59 Å². The maximum absolute atomic E-state index is 11.7. The van der Waals surface area contributed by atoms with Gasteiger partial charge in [0.1, 0.15) is 0 Å². The molecule has 7 nitrogen and oxygen atoms in total. The molecule has 0 radical (unpaired) electrons. The van der Waals surface area contributed by atoms with Gasteiger partial charge >= 0.3 is 12.1 Å². The molecule has 0 aliphatic rings. The highest BCUT2D eigenvalue weighted by molar-refractivity contribution is 8.00. The molecule has 0 fully saturated rings. The smallest absolute Gasteiger partial charge is 0.437 e. The van der Waals surface area contributed by atoms with Crippen LogP contribution in [0.2, 0.25) is 0 Å². The Labute approximate surface area is 132 Å². The lowest BCUT2D eigenvalue weighted by Crippen LogP contribution is -2.28. The van der Waals surface area contributed by atoms with Crippen LogP contribution in [-0.2, 0) is 4.74 Å². The molecule has 21 heavy (non-hydrogen) atoms. The summed E-state index contributed by atoms with van der Waals surface area (Å²) >= 11 is 2.76. The zero-order valence-electron chi connectivity index (χ0n) is 12.7. The van der Waals surface area contributed by atoms with E-state index >= 15 is 0 Å². The minimum atomic E-state index is -0.656. The Hall–Kier alpha value is -1.35. The van der Waals surface area contributed by atoms with Gasteiger partial charge in [-0.1, -0.05) is 42.9 Å². The van der Waals surface area contributed by atoms with Crippen LogP contribution in [0.5, 0.6) is 0 Å². The topological polar surface area (TPSA) is 76.8 Å². The van der Waals surface area contributed by atoms with E-state index in [1.165, 1.54) is 23.3 Å². The van der Waals surface area contributed by atoms with Crippen molar-refractivity contribution in [2.75, 3.05) is 27.0 Å². The highest BCUT2D eigenvalue weighted by Crippen LogP contribution is 2.19. The van der Waals surface area contributed by atoms with E-state index in [4.69, 9.17) is 0 Å². The first-order valence-corrected chi connectivity index (χ1v) is 8.37. The van der Waals surface area contributed by atoms with Crippen molar-refractivity contribution in [2.24, 2.45) is 4.99 Å². The van der Waals surface area contributed by atoms with Crippen molar-refractivity contribution >= 4 is 35.2 Å². The maximum atomic E-state index is 11.7. The Kier molecular flexibility index (Phi) is 7.44. The van der Waals surface area contributed by atoms with Gasteiger partial charge in [0.15, 0.2) is 4.34 Å². The third kappa shape index (κ3) is 5.50. The second-order valence-electron chi connectivity index (χ2n) is 4.38. The van der Waals surface area contributed by atoms with Crippen LogP contribution in [0.3, 0.4) is 0 Å². The number of ether oxygens (including phenoxy) is 1. The summed E-state index contributed by atoms with van der Waals surface area (Å²) in [6.45, 7) is 2.14. The van der Waals surface area contributed by atoms with Gasteiger partial charge in [-0.3, -0.25) is 0 Å². The summed E-state index contributed by atoms with van der Waals surface area (Å²) in [5, 5.41) is 4.15. The van der Waals surface area contributed by atoms with E-state index in [1.54, 1.807) is 25.9 Å². The molecule has 0 bridgehead atoms. The Bertz CT molecular complexity index is 551. The van der Waals surface area contributed by atoms with E-state index in [0.717, 1.165) is 29.7 Å². The molecule has 0 N–H and O–H groups in total. The van der Waals surface area contributed by atoms with Crippen molar-refractivity contribution in [3.8, 4) is 0 Å². The summed E-state index contributed by atoms with van der Waals surface area (Å²) in [7, 11) is 4.45. The van der Waals surface area contributed by atoms with Crippen molar-refractivity contribution in [3.63, 3.8) is 0 Å². The largest absolute Gasteiger partial charge is 0.451 e. The third-order valence-corrected chi connectivity index (χ3v) is 4.56. The van der Waals surface area contributed by atoms with Gasteiger partial charge in [0.25, 0.3) is 0 Å². The molecule has 0 aliphatic carbocycles. The number of thioether (sulfide) groups is 1. The molecule has 0 saturated carbocycles. The van der Waals surface area contributed by atoms with Crippen molar-refractivity contribution in [3.05, 3.63) is 4.80 Å². The number of carbonyl (C=O) groups is 2. The molecule has 1 heterocycles. The van der Waals surface area contributed by atoms with Crippen LogP contribution in [0.1, 0.15) is 26.2 Å². The molecule has 0 aliphatic heterocycles. The summed E-state index contributed by atoms with van der Waals surface area (Å²) in [6, 6.07) is -0.446. The average Bonchev–Trinajstić information content (AvgIpc) is 2.85. The van der Waals surface area contributed by atoms with Gasteiger partial charge in [0, 0.05) is 19.8 Å². The summed E-state index contributed by atoms with van der Waals surface area (Å²) in [5.74, 6) is 0.920. The van der Waals surface area contributed by atoms with E-state index in [9.17, 15) is 9.59 Å². The van der Waals surface area contributed by atoms with E-state index in [0.29, 0.717) is 4.34 Å². The third-order valence-electron chi connectivity index (χ3n) is 2.44. The van der Waals surface area contributed by atoms with Gasteiger partial charge in [0.2, 0.25) is 4.80 Å². The quantitative estimate of drug-likeness (QED) is 0.611. The number of nitrogens with zero attached hydrogens (tertiary/aromatic N) is 4. The van der Waals surface area contributed by atoms with Gasteiger partial charge in [-0.05, 0) is 6.42 Å². The lowest BCUT2D eigenvalue weighted by Gasteiger charge is -2.03. The highest BCUT2D eigenvalue weighted by Gasteiger charge is 2.14. The van der Waals surface area contributed by atoms with Crippen molar-refractivity contribution < 1.29 is 14.3 Å². The number of rotatable bonds is 5. The molecule has 1 rings (SSSR count).